The largest absolute Gasteiger partial charge is 0.493 e. The van der Waals surface area contributed by atoms with Crippen molar-refractivity contribution < 1.29 is 14.3 Å². The molecule has 0 amide bonds. The van der Waals surface area contributed by atoms with E-state index < -0.39 is 0 Å². The van der Waals surface area contributed by atoms with Gasteiger partial charge in [-0.05, 0) is 54.9 Å². The maximum Gasteiger partial charge on any atom is 0.197 e. The summed E-state index contributed by atoms with van der Waals surface area (Å²) >= 11 is 0. The normalized spacial score (nSPS) is 46.6. The first-order valence-corrected chi connectivity index (χ1v) is 9.80. The Labute approximate surface area is 150 Å². The molecule has 3 nitrogen and oxygen atoms in total. The molecule has 4 rings (SSSR count). The molecule has 0 unspecified atom stereocenters. The highest BCUT2D eigenvalue weighted by Crippen LogP contribution is 2.67. The summed E-state index contributed by atoms with van der Waals surface area (Å²) in [5, 5.41) is 0. The molecule has 0 heterocycles. The third-order valence-electron chi connectivity index (χ3n) is 8.44. The van der Waals surface area contributed by atoms with Crippen molar-refractivity contribution in [3.8, 4) is 0 Å². The van der Waals surface area contributed by atoms with Gasteiger partial charge in [0.1, 0.15) is 5.78 Å². The van der Waals surface area contributed by atoms with Gasteiger partial charge in [0.15, 0.2) is 11.5 Å². The van der Waals surface area contributed by atoms with E-state index in [9.17, 15) is 9.59 Å². The summed E-state index contributed by atoms with van der Waals surface area (Å²) < 4.78 is 5.58. The third kappa shape index (κ3) is 1.98. The molecule has 0 radical (unpaired) electrons. The van der Waals surface area contributed by atoms with Gasteiger partial charge >= 0.3 is 0 Å². The van der Waals surface area contributed by atoms with Crippen molar-refractivity contribution in [1.29, 1.82) is 0 Å². The van der Waals surface area contributed by atoms with E-state index >= 15 is 0 Å². The van der Waals surface area contributed by atoms with Crippen LogP contribution in [0.2, 0.25) is 0 Å². The topological polar surface area (TPSA) is 43.4 Å². The molecule has 4 aliphatic carbocycles. The second kappa shape index (κ2) is 5.31. The minimum Gasteiger partial charge on any atom is -0.493 e. The highest BCUT2D eigenvalue weighted by Gasteiger charge is 2.62. The molecule has 0 spiro atoms. The monoisotopic (exact) mass is 342 g/mol. The number of hydrogen-bond donors (Lipinski definition) is 0. The number of fused-ring (bicyclic) bond motifs is 5. The standard InChI is InChI=1S/C22H30O3/c1-12-13(2)19-20(25-5)16(23)9-11-22(19,4)15-8-10-21(3)14(18(12)15)6-7-17(21)24/h12,14-15,18H,2,6-11H2,1,3-5H3/t12-,14+,15+,18+,21+,22-/m1/s1. The number of Topliss-reactive ketones (excluding diaryl/α,β-unsaturated/α-hetero) is 2. The molecular formula is C22H30O3. The zero-order valence-corrected chi connectivity index (χ0v) is 16.0. The molecule has 0 aromatic carbocycles. The number of hydrogen-bond acceptors (Lipinski definition) is 3. The molecule has 0 N–H and O–H groups in total. The minimum absolute atomic E-state index is 0.0412. The van der Waals surface area contributed by atoms with Crippen LogP contribution in [-0.4, -0.2) is 18.7 Å². The molecule has 0 aliphatic heterocycles. The van der Waals surface area contributed by atoms with E-state index in [0.29, 0.717) is 41.6 Å². The maximum atomic E-state index is 12.6. The molecule has 6 atom stereocenters. The molecule has 3 fully saturated rings. The van der Waals surface area contributed by atoms with Crippen LogP contribution in [0.5, 0.6) is 0 Å². The van der Waals surface area contributed by atoms with Gasteiger partial charge in [-0.1, -0.05) is 27.4 Å². The maximum absolute atomic E-state index is 12.6. The molecule has 0 aromatic heterocycles. The summed E-state index contributed by atoms with van der Waals surface area (Å²) in [5.41, 5.74) is 1.99. The van der Waals surface area contributed by atoms with Gasteiger partial charge in [0.05, 0.1) is 7.11 Å². The quantitative estimate of drug-likeness (QED) is 0.706. The van der Waals surface area contributed by atoms with Gasteiger partial charge in [0.2, 0.25) is 0 Å². The van der Waals surface area contributed by atoms with Crippen molar-refractivity contribution in [2.45, 2.75) is 59.3 Å². The zero-order valence-electron chi connectivity index (χ0n) is 16.0. The van der Waals surface area contributed by atoms with E-state index in [-0.39, 0.29) is 16.6 Å². The fourth-order valence-electron chi connectivity index (χ4n) is 6.98. The molecule has 3 saturated carbocycles. The molecular weight excluding hydrogens is 312 g/mol. The molecule has 25 heavy (non-hydrogen) atoms. The van der Waals surface area contributed by atoms with Crippen LogP contribution in [0.4, 0.5) is 0 Å². The van der Waals surface area contributed by atoms with Crippen LogP contribution in [0.15, 0.2) is 23.5 Å². The lowest BCUT2D eigenvalue weighted by Crippen LogP contribution is -2.54. The Morgan fingerprint density at radius 1 is 1.04 bits per heavy atom. The number of carbonyl (C=O) groups is 2. The Kier molecular flexibility index (Phi) is 3.62. The number of allylic oxidation sites excluding steroid dienone is 2. The average molecular weight is 342 g/mol. The van der Waals surface area contributed by atoms with Crippen LogP contribution in [0, 0.1) is 34.5 Å². The molecule has 3 heteroatoms. The van der Waals surface area contributed by atoms with E-state index in [2.05, 4.69) is 27.4 Å². The minimum atomic E-state index is -0.137. The van der Waals surface area contributed by atoms with Crippen LogP contribution in [0.3, 0.4) is 0 Å². The lowest BCUT2D eigenvalue weighted by molar-refractivity contribution is -0.133. The van der Waals surface area contributed by atoms with Gasteiger partial charge in [-0.3, -0.25) is 9.59 Å². The van der Waals surface area contributed by atoms with E-state index in [1.165, 1.54) is 0 Å². The number of ether oxygens (including phenoxy) is 1. The molecule has 0 saturated heterocycles. The van der Waals surface area contributed by atoms with Crippen LogP contribution in [0.25, 0.3) is 0 Å². The number of ketones is 2. The highest BCUT2D eigenvalue weighted by atomic mass is 16.5. The van der Waals surface area contributed by atoms with Gasteiger partial charge < -0.3 is 4.74 Å². The SMILES string of the molecule is C=C1C2=C(OC)C(=O)CC[C@]2(C)[C@H]2CC[C@]3(C)C(=O)CC[C@H]3[C@@H]2[C@@H]1C. The Morgan fingerprint density at radius 3 is 2.40 bits per heavy atom. The third-order valence-corrected chi connectivity index (χ3v) is 8.44. The van der Waals surface area contributed by atoms with Crippen molar-refractivity contribution in [2.24, 2.45) is 34.5 Å². The molecule has 136 valence electrons. The van der Waals surface area contributed by atoms with Crippen molar-refractivity contribution in [3.05, 3.63) is 23.5 Å². The first-order chi connectivity index (χ1) is 11.8. The molecule has 0 bridgehead atoms. The summed E-state index contributed by atoms with van der Waals surface area (Å²) in [6, 6.07) is 0. The highest BCUT2D eigenvalue weighted by molar-refractivity contribution is 5.96. The summed E-state index contributed by atoms with van der Waals surface area (Å²) in [5.74, 6) is 2.94. The van der Waals surface area contributed by atoms with E-state index in [1.807, 2.05) is 0 Å². The van der Waals surface area contributed by atoms with Gasteiger partial charge in [-0.15, -0.1) is 0 Å². The van der Waals surface area contributed by atoms with Crippen LogP contribution < -0.4 is 0 Å². The van der Waals surface area contributed by atoms with Crippen molar-refractivity contribution in [3.63, 3.8) is 0 Å². The number of rotatable bonds is 1. The van der Waals surface area contributed by atoms with Crippen LogP contribution >= 0.6 is 0 Å². The van der Waals surface area contributed by atoms with Gasteiger partial charge in [-0.2, -0.15) is 0 Å². The second-order valence-electron chi connectivity index (χ2n) is 9.27. The van der Waals surface area contributed by atoms with Crippen molar-refractivity contribution >= 4 is 11.6 Å². The smallest absolute Gasteiger partial charge is 0.197 e. The van der Waals surface area contributed by atoms with Gasteiger partial charge in [0.25, 0.3) is 0 Å². The predicted octanol–water partition coefficient (Wildman–Crippen LogP) is 4.47. The lowest BCUT2D eigenvalue weighted by atomic mass is 9.44. The zero-order chi connectivity index (χ0) is 18.1. The lowest BCUT2D eigenvalue weighted by Gasteiger charge is -2.59. The summed E-state index contributed by atoms with van der Waals surface area (Å²) in [7, 11) is 1.61. The Hall–Kier alpha value is -1.38. The van der Waals surface area contributed by atoms with Crippen LogP contribution in [0.1, 0.15) is 59.3 Å². The molecule has 4 aliphatic rings. The van der Waals surface area contributed by atoms with E-state index in [1.54, 1.807) is 7.11 Å². The van der Waals surface area contributed by atoms with Gasteiger partial charge in [0, 0.05) is 29.2 Å². The summed E-state index contributed by atoms with van der Waals surface area (Å²) in [4.78, 5) is 25.0. The predicted molar refractivity (Wildman–Crippen MR) is 96.7 cm³/mol. The van der Waals surface area contributed by atoms with Gasteiger partial charge in [-0.25, -0.2) is 0 Å². The van der Waals surface area contributed by atoms with Crippen molar-refractivity contribution in [2.75, 3.05) is 7.11 Å². The fraction of sp³-hybridized carbons (Fsp3) is 0.727. The Bertz CT molecular complexity index is 702. The number of carbonyl (C=O) groups excluding carboxylic acids is 2. The second-order valence-corrected chi connectivity index (χ2v) is 9.27. The van der Waals surface area contributed by atoms with Crippen molar-refractivity contribution in [1.82, 2.24) is 0 Å². The van der Waals surface area contributed by atoms with E-state index in [4.69, 9.17) is 4.74 Å². The van der Waals surface area contributed by atoms with Crippen LogP contribution in [-0.2, 0) is 14.3 Å². The first kappa shape index (κ1) is 17.1. The van der Waals surface area contributed by atoms with E-state index in [0.717, 1.165) is 43.3 Å². The first-order valence-electron chi connectivity index (χ1n) is 9.80. The fourth-order valence-corrected chi connectivity index (χ4v) is 6.98. The Morgan fingerprint density at radius 2 is 1.72 bits per heavy atom. The Balaban J connectivity index is 1.85. The number of methoxy groups -OCH3 is 1. The summed E-state index contributed by atoms with van der Waals surface area (Å²) in [6.45, 7) is 11.2. The molecule has 0 aromatic rings. The summed E-state index contributed by atoms with van der Waals surface area (Å²) in [6.07, 6.45) is 5.29. The average Bonchev–Trinajstić information content (AvgIpc) is 2.89.